The molecule has 0 aliphatic heterocycles. The van der Waals surface area contributed by atoms with Gasteiger partial charge in [0.25, 0.3) is 0 Å². The number of halogens is 4. The van der Waals surface area contributed by atoms with E-state index in [1.807, 2.05) is 6.07 Å². The molecule has 0 heterocycles. The lowest BCUT2D eigenvalue weighted by atomic mass is 10.1. The third kappa shape index (κ3) is 2.74. The van der Waals surface area contributed by atoms with Crippen LogP contribution in [0.2, 0.25) is 5.02 Å². The van der Waals surface area contributed by atoms with Crippen LogP contribution in [0.3, 0.4) is 0 Å². The van der Waals surface area contributed by atoms with E-state index < -0.39 is 0 Å². The van der Waals surface area contributed by atoms with E-state index in [0.717, 1.165) is 23.0 Å². The first-order valence-electron chi connectivity index (χ1n) is 6.24. The molecule has 1 aliphatic rings. The van der Waals surface area contributed by atoms with Crippen molar-refractivity contribution in [1.29, 1.82) is 0 Å². The normalized spacial score (nSPS) is 17.1. The Bertz CT molecular complexity index is 652. The van der Waals surface area contributed by atoms with Gasteiger partial charge in [0, 0.05) is 8.95 Å². The summed E-state index contributed by atoms with van der Waals surface area (Å²) in [5.41, 5.74) is 3.36. The summed E-state index contributed by atoms with van der Waals surface area (Å²) < 4.78 is 15.0. The minimum absolute atomic E-state index is 0.206. The van der Waals surface area contributed by atoms with Gasteiger partial charge < -0.3 is 5.32 Å². The van der Waals surface area contributed by atoms with Gasteiger partial charge in [-0.15, -0.1) is 0 Å². The van der Waals surface area contributed by atoms with E-state index in [-0.39, 0.29) is 11.9 Å². The van der Waals surface area contributed by atoms with Crippen LogP contribution in [-0.4, -0.2) is 0 Å². The topological polar surface area (TPSA) is 12.0 Å². The highest BCUT2D eigenvalue weighted by Gasteiger charge is 2.23. The molecule has 2 aromatic rings. The Labute approximate surface area is 138 Å². The van der Waals surface area contributed by atoms with Crippen molar-refractivity contribution in [2.75, 3.05) is 5.32 Å². The summed E-state index contributed by atoms with van der Waals surface area (Å²) in [6, 6.07) is 9.27. The first-order valence-corrected chi connectivity index (χ1v) is 8.20. The maximum Gasteiger partial charge on any atom is 0.125 e. The molecule has 0 saturated heterocycles. The zero-order valence-corrected chi connectivity index (χ0v) is 14.3. The quantitative estimate of drug-likeness (QED) is 0.620. The first-order chi connectivity index (χ1) is 9.54. The van der Waals surface area contributed by atoms with Gasteiger partial charge in [-0.05, 0) is 64.2 Å². The van der Waals surface area contributed by atoms with Gasteiger partial charge in [0.2, 0.25) is 0 Å². The van der Waals surface area contributed by atoms with Crippen LogP contribution < -0.4 is 5.32 Å². The summed E-state index contributed by atoms with van der Waals surface area (Å²) >= 11 is 13.0. The molecule has 0 radical (unpaired) electrons. The lowest BCUT2D eigenvalue weighted by Crippen LogP contribution is -2.08. The number of nitrogens with one attached hydrogen (secondary N) is 1. The number of hydrogen-bond acceptors (Lipinski definition) is 1. The molecule has 3 rings (SSSR count). The fraction of sp³-hybridized carbons (Fsp3) is 0.200. The summed E-state index contributed by atoms with van der Waals surface area (Å²) in [5, 5.41) is 3.81. The van der Waals surface area contributed by atoms with Crippen LogP contribution in [0, 0.1) is 5.82 Å². The fourth-order valence-electron chi connectivity index (χ4n) is 2.59. The second-order valence-electron chi connectivity index (χ2n) is 4.82. The van der Waals surface area contributed by atoms with E-state index in [1.54, 1.807) is 0 Å². The Morgan fingerprint density at radius 3 is 2.75 bits per heavy atom. The number of rotatable bonds is 2. The molecule has 0 spiro atoms. The zero-order chi connectivity index (χ0) is 14.3. The Morgan fingerprint density at radius 1 is 1.20 bits per heavy atom. The number of fused-ring (bicyclic) bond motifs is 1. The molecule has 1 atom stereocenters. The average Bonchev–Trinajstić information content (AvgIpc) is 2.76. The van der Waals surface area contributed by atoms with Gasteiger partial charge >= 0.3 is 0 Å². The minimum Gasteiger partial charge on any atom is -0.376 e. The van der Waals surface area contributed by atoms with E-state index >= 15 is 0 Å². The highest BCUT2D eigenvalue weighted by atomic mass is 79.9. The highest BCUT2D eigenvalue weighted by molar-refractivity contribution is 9.10. The molecule has 1 unspecified atom stereocenters. The van der Waals surface area contributed by atoms with Crippen molar-refractivity contribution in [2.24, 2.45) is 0 Å². The van der Waals surface area contributed by atoms with Crippen molar-refractivity contribution in [3.05, 3.63) is 61.2 Å². The Balaban J connectivity index is 1.91. The van der Waals surface area contributed by atoms with Crippen molar-refractivity contribution in [2.45, 2.75) is 18.9 Å². The third-order valence-corrected chi connectivity index (χ3v) is 4.92. The van der Waals surface area contributed by atoms with Gasteiger partial charge in [0.15, 0.2) is 0 Å². The Morgan fingerprint density at radius 2 is 2.00 bits per heavy atom. The molecule has 104 valence electrons. The summed E-state index contributed by atoms with van der Waals surface area (Å²) in [6.07, 6.45) is 2.04. The molecule has 0 fully saturated rings. The summed E-state index contributed by atoms with van der Waals surface area (Å²) in [4.78, 5) is 0. The van der Waals surface area contributed by atoms with Crippen LogP contribution >= 0.6 is 43.5 Å². The predicted molar refractivity (Wildman–Crippen MR) is 87.9 cm³/mol. The van der Waals surface area contributed by atoms with Crippen molar-refractivity contribution in [3.63, 3.8) is 0 Å². The van der Waals surface area contributed by atoms with Crippen LogP contribution in [0.15, 0.2) is 39.3 Å². The Hall–Kier alpha value is -0.580. The SMILES string of the molecule is Fc1cc(Cl)c(NC2CCc3cc(Br)ccc32)c(Br)c1. The molecular formula is C15H11Br2ClFN. The van der Waals surface area contributed by atoms with Crippen molar-refractivity contribution in [3.8, 4) is 0 Å². The molecule has 0 amide bonds. The fourth-order valence-corrected chi connectivity index (χ4v) is 3.92. The van der Waals surface area contributed by atoms with E-state index in [2.05, 4.69) is 49.3 Å². The standard InChI is InChI=1S/C15H11Br2ClFN/c16-9-2-3-11-8(5-9)1-4-14(11)20-15-12(17)6-10(19)7-13(15)18/h2-3,5-7,14,20H,1,4H2. The van der Waals surface area contributed by atoms with E-state index in [4.69, 9.17) is 11.6 Å². The summed E-state index contributed by atoms with van der Waals surface area (Å²) in [7, 11) is 0. The number of anilines is 1. The average molecular weight is 420 g/mol. The monoisotopic (exact) mass is 417 g/mol. The molecule has 1 N–H and O–H groups in total. The first kappa shape index (κ1) is 14.4. The largest absolute Gasteiger partial charge is 0.376 e. The van der Waals surface area contributed by atoms with E-state index in [9.17, 15) is 4.39 Å². The maximum absolute atomic E-state index is 13.3. The lowest BCUT2D eigenvalue weighted by molar-refractivity contribution is 0.627. The van der Waals surface area contributed by atoms with Gasteiger partial charge in [-0.2, -0.15) is 0 Å². The third-order valence-electron chi connectivity index (χ3n) is 3.51. The zero-order valence-electron chi connectivity index (χ0n) is 10.4. The molecule has 0 aromatic heterocycles. The van der Waals surface area contributed by atoms with Crippen molar-refractivity contribution < 1.29 is 4.39 Å². The maximum atomic E-state index is 13.3. The molecule has 2 aromatic carbocycles. The van der Waals surface area contributed by atoms with Crippen LogP contribution in [0.1, 0.15) is 23.6 Å². The molecule has 1 aliphatic carbocycles. The van der Waals surface area contributed by atoms with Gasteiger partial charge in [-0.25, -0.2) is 4.39 Å². The van der Waals surface area contributed by atoms with Crippen molar-refractivity contribution in [1.82, 2.24) is 0 Å². The van der Waals surface area contributed by atoms with Crippen LogP contribution in [0.4, 0.5) is 10.1 Å². The summed E-state index contributed by atoms with van der Waals surface area (Å²) in [5.74, 6) is -0.344. The van der Waals surface area contributed by atoms with Crippen molar-refractivity contribution >= 4 is 49.1 Å². The van der Waals surface area contributed by atoms with Crippen LogP contribution in [0.5, 0.6) is 0 Å². The van der Waals surface area contributed by atoms with Gasteiger partial charge in [-0.1, -0.05) is 33.6 Å². The molecule has 1 nitrogen and oxygen atoms in total. The van der Waals surface area contributed by atoms with Gasteiger partial charge in [-0.3, -0.25) is 0 Å². The molecule has 0 bridgehead atoms. The van der Waals surface area contributed by atoms with E-state index in [0.29, 0.717) is 9.50 Å². The van der Waals surface area contributed by atoms with Gasteiger partial charge in [0.1, 0.15) is 5.82 Å². The second-order valence-corrected chi connectivity index (χ2v) is 7.00. The molecular weight excluding hydrogens is 408 g/mol. The molecule has 0 saturated carbocycles. The Kier molecular flexibility index (Phi) is 4.07. The summed E-state index contributed by atoms with van der Waals surface area (Å²) in [6.45, 7) is 0. The van der Waals surface area contributed by atoms with Gasteiger partial charge in [0.05, 0.1) is 16.8 Å². The van der Waals surface area contributed by atoms with Crippen LogP contribution in [-0.2, 0) is 6.42 Å². The van der Waals surface area contributed by atoms with E-state index in [1.165, 1.54) is 23.3 Å². The number of hydrogen-bond donors (Lipinski definition) is 1. The minimum atomic E-state index is -0.344. The smallest absolute Gasteiger partial charge is 0.125 e. The second kappa shape index (κ2) is 5.66. The van der Waals surface area contributed by atoms with Crippen LogP contribution in [0.25, 0.3) is 0 Å². The molecule has 5 heteroatoms. The predicted octanol–water partition coefficient (Wildman–Crippen LogP) is 6.10. The number of aryl methyl sites for hydroxylation is 1. The number of benzene rings is 2. The lowest BCUT2D eigenvalue weighted by Gasteiger charge is -2.18. The highest BCUT2D eigenvalue weighted by Crippen LogP contribution is 2.39. The molecule has 20 heavy (non-hydrogen) atoms.